The minimum Gasteiger partial charge on any atom is -0.385 e. The molecule has 0 saturated carbocycles. The number of hydrogen-bond donors (Lipinski definition) is 1. The smallest absolute Gasteiger partial charge is 0.220 e. The lowest BCUT2D eigenvalue weighted by atomic mass is 9.85. The van der Waals surface area contributed by atoms with Crippen LogP contribution in [0, 0.1) is 12.8 Å². The van der Waals surface area contributed by atoms with Crippen LogP contribution in [-0.2, 0) is 9.53 Å². The molecule has 0 fully saturated rings. The van der Waals surface area contributed by atoms with Gasteiger partial charge >= 0.3 is 0 Å². The number of ether oxygens (including phenoxy) is 1. The summed E-state index contributed by atoms with van der Waals surface area (Å²) in [6.07, 6.45) is 1.41. The lowest BCUT2D eigenvalue weighted by Crippen LogP contribution is -2.27. The van der Waals surface area contributed by atoms with Crippen LogP contribution in [0.4, 0.5) is 0 Å². The third-order valence-electron chi connectivity index (χ3n) is 3.56. The van der Waals surface area contributed by atoms with Gasteiger partial charge in [0.05, 0.1) is 0 Å². The van der Waals surface area contributed by atoms with Crippen LogP contribution in [0.3, 0.4) is 0 Å². The summed E-state index contributed by atoms with van der Waals surface area (Å²) in [5.41, 5.74) is 2.50. The lowest BCUT2D eigenvalue weighted by Gasteiger charge is -2.21. The Balaban J connectivity index is 2.55. The number of carbonyl (C=O) groups excluding carboxylic acids is 1. The standard InChI is InChI=1S/C17H27NO2/c1-13(2)16(15-8-6-14(3)7-9-15)12-17(19)18-10-5-11-20-4/h6-9,13,16H,5,10-12H2,1-4H3,(H,18,19). The summed E-state index contributed by atoms with van der Waals surface area (Å²) >= 11 is 0. The van der Waals surface area contributed by atoms with Crippen LogP contribution in [0.2, 0.25) is 0 Å². The second-order valence-corrected chi connectivity index (χ2v) is 5.66. The van der Waals surface area contributed by atoms with Crippen molar-refractivity contribution in [3.8, 4) is 0 Å². The minimum atomic E-state index is 0.125. The van der Waals surface area contributed by atoms with E-state index in [2.05, 4.69) is 50.4 Å². The SMILES string of the molecule is COCCCNC(=O)CC(c1ccc(C)cc1)C(C)C. The topological polar surface area (TPSA) is 38.3 Å². The zero-order chi connectivity index (χ0) is 15.0. The van der Waals surface area contributed by atoms with Crippen LogP contribution in [0.5, 0.6) is 0 Å². The van der Waals surface area contributed by atoms with Gasteiger partial charge in [0.15, 0.2) is 0 Å². The van der Waals surface area contributed by atoms with E-state index in [-0.39, 0.29) is 11.8 Å². The normalized spacial score (nSPS) is 12.4. The van der Waals surface area contributed by atoms with Gasteiger partial charge in [-0.1, -0.05) is 43.7 Å². The van der Waals surface area contributed by atoms with Gasteiger partial charge < -0.3 is 10.1 Å². The van der Waals surface area contributed by atoms with Gasteiger partial charge in [-0.05, 0) is 30.7 Å². The van der Waals surface area contributed by atoms with E-state index in [9.17, 15) is 4.79 Å². The summed E-state index contributed by atoms with van der Waals surface area (Å²) in [6.45, 7) is 7.79. The highest BCUT2D eigenvalue weighted by molar-refractivity contribution is 5.76. The molecular formula is C17H27NO2. The molecule has 1 atom stereocenters. The molecule has 0 aliphatic rings. The van der Waals surface area contributed by atoms with E-state index in [4.69, 9.17) is 4.74 Å². The number of benzene rings is 1. The van der Waals surface area contributed by atoms with Gasteiger partial charge in [-0.2, -0.15) is 0 Å². The molecule has 1 amide bonds. The Morgan fingerprint density at radius 3 is 2.45 bits per heavy atom. The number of methoxy groups -OCH3 is 1. The molecule has 112 valence electrons. The molecule has 0 heterocycles. The third-order valence-corrected chi connectivity index (χ3v) is 3.56. The first-order valence-corrected chi connectivity index (χ1v) is 7.36. The Kier molecular flexibility index (Phi) is 7.31. The van der Waals surface area contributed by atoms with Gasteiger partial charge in [0.2, 0.25) is 5.91 Å². The van der Waals surface area contributed by atoms with Crippen LogP contribution < -0.4 is 5.32 Å². The molecule has 0 aliphatic carbocycles. The lowest BCUT2D eigenvalue weighted by molar-refractivity contribution is -0.121. The first-order chi connectivity index (χ1) is 9.54. The quantitative estimate of drug-likeness (QED) is 0.741. The van der Waals surface area contributed by atoms with Gasteiger partial charge in [-0.15, -0.1) is 0 Å². The summed E-state index contributed by atoms with van der Waals surface area (Å²) in [7, 11) is 1.67. The number of aryl methyl sites for hydroxylation is 1. The number of rotatable bonds is 8. The van der Waals surface area contributed by atoms with Crippen molar-refractivity contribution in [1.29, 1.82) is 0 Å². The van der Waals surface area contributed by atoms with Crippen molar-refractivity contribution in [3.63, 3.8) is 0 Å². The first-order valence-electron chi connectivity index (χ1n) is 7.36. The molecule has 1 aromatic carbocycles. The second-order valence-electron chi connectivity index (χ2n) is 5.66. The molecule has 1 N–H and O–H groups in total. The molecule has 1 aromatic rings. The molecule has 20 heavy (non-hydrogen) atoms. The average Bonchev–Trinajstić information content (AvgIpc) is 2.42. The largest absolute Gasteiger partial charge is 0.385 e. The van der Waals surface area contributed by atoms with Gasteiger partial charge in [-0.25, -0.2) is 0 Å². The fraction of sp³-hybridized carbons (Fsp3) is 0.588. The zero-order valence-electron chi connectivity index (χ0n) is 13.1. The molecule has 0 bridgehead atoms. The summed E-state index contributed by atoms with van der Waals surface area (Å²) in [5.74, 6) is 0.848. The van der Waals surface area contributed by atoms with Gasteiger partial charge in [-0.3, -0.25) is 4.79 Å². The minimum absolute atomic E-state index is 0.125. The maximum atomic E-state index is 12.0. The van der Waals surface area contributed by atoms with Gasteiger partial charge in [0.25, 0.3) is 0 Å². The van der Waals surface area contributed by atoms with E-state index in [1.807, 2.05) is 0 Å². The van der Waals surface area contributed by atoms with Crippen molar-refractivity contribution in [2.75, 3.05) is 20.3 Å². The van der Waals surface area contributed by atoms with Crippen LogP contribution in [0.1, 0.15) is 43.7 Å². The van der Waals surface area contributed by atoms with Gasteiger partial charge in [0.1, 0.15) is 0 Å². The van der Waals surface area contributed by atoms with E-state index < -0.39 is 0 Å². The Bertz CT molecular complexity index is 398. The summed E-state index contributed by atoms with van der Waals surface area (Å²) < 4.78 is 4.97. The molecular weight excluding hydrogens is 250 g/mol. The number of carbonyl (C=O) groups is 1. The highest BCUT2D eigenvalue weighted by Crippen LogP contribution is 2.28. The predicted octanol–water partition coefficient (Wildman–Crippen LogP) is 3.28. The summed E-state index contributed by atoms with van der Waals surface area (Å²) in [5, 5.41) is 2.97. The number of amides is 1. The Morgan fingerprint density at radius 2 is 1.90 bits per heavy atom. The second kappa shape index (κ2) is 8.75. The average molecular weight is 277 g/mol. The zero-order valence-corrected chi connectivity index (χ0v) is 13.1. The molecule has 0 aliphatic heterocycles. The molecule has 0 aromatic heterocycles. The first kappa shape index (κ1) is 16.7. The molecule has 0 radical (unpaired) electrons. The summed E-state index contributed by atoms with van der Waals surface area (Å²) in [4.78, 5) is 12.0. The number of hydrogen-bond acceptors (Lipinski definition) is 2. The van der Waals surface area contributed by atoms with Gasteiger partial charge in [0, 0.05) is 26.7 Å². The Hall–Kier alpha value is -1.35. The van der Waals surface area contributed by atoms with Crippen LogP contribution >= 0.6 is 0 Å². The van der Waals surface area contributed by atoms with E-state index in [0.717, 1.165) is 6.42 Å². The monoisotopic (exact) mass is 277 g/mol. The molecule has 1 unspecified atom stereocenters. The predicted molar refractivity (Wildman–Crippen MR) is 82.9 cm³/mol. The highest BCUT2D eigenvalue weighted by atomic mass is 16.5. The van der Waals surface area contributed by atoms with E-state index in [1.54, 1.807) is 7.11 Å². The third kappa shape index (κ3) is 5.74. The van der Waals surface area contributed by atoms with Crippen molar-refractivity contribution in [3.05, 3.63) is 35.4 Å². The maximum Gasteiger partial charge on any atom is 0.220 e. The van der Waals surface area contributed by atoms with Crippen molar-refractivity contribution >= 4 is 5.91 Å². The maximum absolute atomic E-state index is 12.0. The van der Waals surface area contributed by atoms with Crippen molar-refractivity contribution in [2.45, 2.75) is 39.5 Å². The van der Waals surface area contributed by atoms with Crippen molar-refractivity contribution < 1.29 is 9.53 Å². The molecule has 0 saturated heterocycles. The van der Waals surface area contributed by atoms with E-state index in [1.165, 1.54) is 11.1 Å². The molecule has 0 spiro atoms. The Labute approximate surface area is 122 Å². The Morgan fingerprint density at radius 1 is 1.25 bits per heavy atom. The van der Waals surface area contributed by atoms with Crippen LogP contribution in [-0.4, -0.2) is 26.2 Å². The van der Waals surface area contributed by atoms with Crippen LogP contribution in [0.15, 0.2) is 24.3 Å². The fourth-order valence-corrected chi connectivity index (χ4v) is 2.27. The van der Waals surface area contributed by atoms with E-state index in [0.29, 0.717) is 25.5 Å². The molecule has 3 nitrogen and oxygen atoms in total. The van der Waals surface area contributed by atoms with Crippen molar-refractivity contribution in [2.24, 2.45) is 5.92 Å². The van der Waals surface area contributed by atoms with E-state index >= 15 is 0 Å². The fourth-order valence-electron chi connectivity index (χ4n) is 2.27. The summed E-state index contributed by atoms with van der Waals surface area (Å²) in [6, 6.07) is 8.50. The molecule has 1 rings (SSSR count). The molecule has 3 heteroatoms. The number of nitrogens with one attached hydrogen (secondary N) is 1. The van der Waals surface area contributed by atoms with Crippen molar-refractivity contribution in [1.82, 2.24) is 5.32 Å². The highest BCUT2D eigenvalue weighted by Gasteiger charge is 2.19. The van der Waals surface area contributed by atoms with Crippen LogP contribution in [0.25, 0.3) is 0 Å².